The van der Waals surface area contributed by atoms with E-state index in [1.165, 1.54) is 11.8 Å². The fraction of sp³-hybridized carbons (Fsp3) is 0.261. The third-order valence-corrected chi connectivity index (χ3v) is 7.25. The molecule has 160 valence electrons. The molecule has 2 atom stereocenters. The number of hydrogen-bond acceptors (Lipinski definition) is 6. The van der Waals surface area contributed by atoms with E-state index in [1.54, 1.807) is 11.3 Å². The largest absolute Gasteiger partial charge is 0.351 e. The maximum Gasteiger partial charge on any atom is 0.230 e. The molecule has 0 saturated carbocycles. The number of aryl methyl sites for hydroxylation is 1. The molecule has 0 spiro atoms. The van der Waals surface area contributed by atoms with Gasteiger partial charge >= 0.3 is 0 Å². The molecule has 3 N–H and O–H groups in total. The zero-order chi connectivity index (χ0) is 21.6. The SMILES string of the molecule is Cc1nc(-c2ccccc2)sc1C1CC(=O)NC(SCC(=O)NCc2ccccc2)N1. The van der Waals surface area contributed by atoms with Crippen molar-refractivity contribution >= 4 is 34.9 Å². The summed E-state index contributed by atoms with van der Waals surface area (Å²) < 4.78 is 0. The molecule has 3 aromatic rings. The Kier molecular flexibility index (Phi) is 7.01. The van der Waals surface area contributed by atoms with E-state index in [9.17, 15) is 9.59 Å². The molecule has 2 aromatic carbocycles. The molecule has 0 radical (unpaired) electrons. The summed E-state index contributed by atoms with van der Waals surface area (Å²) in [6.07, 6.45) is 0.356. The number of nitrogens with one attached hydrogen (secondary N) is 3. The molecule has 4 rings (SSSR count). The number of hydrogen-bond donors (Lipinski definition) is 3. The molecule has 31 heavy (non-hydrogen) atoms. The van der Waals surface area contributed by atoms with Gasteiger partial charge in [0.25, 0.3) is 0 Å². The average Bonchev–Trinajstić information content (AvgIpc) is 3.19. The van der Waals surface area contributed by atoms with E-state index in [1.807, 2.05) is 67.6 Å². The van der Waals surface area contributed by atoms with Gasteiger partial charge in [-0.3, -0.25) is 14.9 Å². The quantitative estimate of drug-likeness (QED) is 0.510. The number of carbonyl (C=O) groups excluding carboxylic acids is 2. The van der Waals surface area contributed by atoms with Gasteiger partial charge < -0.3 is 10.6 Å². The Balaban J connectivity index is 1.35. The molecule has 8 heteroatoms. The van der Waals surface area contributed by atoms with Gasteiger partial charge in [-0.25, -0.2) is 4.98 Å². The summed E-state index contributed by atoms with van der Waals surface area (Å²) in [5.74, 6) is 0.168. The van der Waals surface area contributed by atoms with Crippen LogP contribution in [-0.2, 0) is 16.1 Å². The maximum atomic E-state index is 12.3. The van der Waals surface area contributed by atoms with E-state index in [0.717, 1.165) is 26.7 Å². The number of rotatable bonds is 7. The smallest absolute Gasteiger partial charge is 0.230 e. The number of aromatic nitrogens is 1. The van der Waals surface area contributed by atoms with Crippen molar-refractivity contribution in [2.45, 2.75) is 31.4 Å². The summed E-state index contributed by atoms with van der Waals surface area (Å²) in [5.41, 5.74) is 2.74. The zero-order valence-electron chi connectivity index (χ0n) is 17.1. The highest BCUT2D eigenvalue weighted by molar-refractivity contribution is 8.00. The first-order chi connectivity index (χ1) is 15.1. The van der Waals surface area contributed by atoms with Crippen LogP contribution in [0.3, 0.4) is 0 Å². The van der Waals surface area contributed by atoms with Crippen molar-refractivity contribution in [3.8, 4) is 10.6 Å². The highest BCUT2D eigenvalue weighted by Crippen LogP contribution is 2.34. The van der Waals surface area contributed by atoms with E-state index in [2.05, 4.69) is 16.0 Å². The number of thiazole rings is 1. The second-order valence-corrected chi connectivity index (χ2v) is 9.40. The van der Waals surface area contributed by atoms with Crippen LogP contribution in [0.4, 0.5) is 0 Å². The van der Waals surface area contributed by atoms with E-state index in [-0.39, 0.29) is 29.1 Å². The number of carbonyl (C=O) groups is 2. The minimum atomic E-state index is -0.324. The van der Waals surface area contributed by atoms with Gasteiger partial charge in [-0.05, 0) is 12.5 Å². The molecule has 0 bridgehead atoms. The van der Waals surface area contributed by atoms with Crippen LogP contribution >= 0.6 is 23.1 Å². The van der Waals surface area contributed by atoms with Gasteiger partial charge in [-0.2, -0.15) is 0 Å². The Hall–Kier alpha value is -2.68. The third kappa shape index (κ3) is 5.72. The highest BCUT2D eigenvalue weighted by Gasteiger charge is 2.30. The van der Waals surface area contributed by atoms with Crippen molar-refractivity contribution in [1.29, 1.82) is 0 Å². The Labute approximate surface area is 189 Å². The Morgan fingerprint density at radius 2 is 1.87 bits per heavy atom. The van der Waals surface area contributed by atoms with Gasteiger partial charge in [-0.15, -0.1) is 23.1 Å². The van der Waals surface area contributed by atoms with Gasteiger partial charge in [0.05, 0.1) is 17.5 Å². The van der Waals surface area contributed by atoms with Crippen molar-refractivity contribution in [2.24, 2.45) is 0 Å². The molecule has 6 nitrogen and oxygen atoms in total. The molecule has 0 aliphatic carbocycles. The van der Waals surface area contributed by atoms with Crippen LogP contribution in [0, 0.1) is 6.92 Å². The third-order valence-electron chi connectivity index (χ3n) is 4.92. The van der Waals surface area contributed by atoms with Crippen LogP contribution in [0.1, 0.15) is 28.6 Å². The van der Waals surface area contributed by atoms with Gasteiger partial charge in [0.15, 0.2) is 0 Å². The van der Waals surface area contributed by atoms with Crippen molar-refractivity contribution in [2.75, 3.05) is 5.75 Å². The molecule has 1 fully saturated rings. The number of amides is 2. The van der Waals surface area contributed by atoms with Crippen LogP contribution in [0.5, 0.6) is 0 Å². The molecule has 2 heterocycles. The maximum absolute atomic E-state index is 12.3. The molecule has 1 aliphatic rings. The van der Waals surface area contributed by atoms with Gasteiger partial charge in [-0.1, -0.05) is 60.7 Å². The van der Waals surface area contributed by atoms with E-state index >= 15 is 0 Å². The van der Waals surface area contributed by atoms with Crippen molar-refractivity contribution in [1.82, 2.24) is 20.9 Å². The first kappa shape index (κ1) is 21.5. The number of thioether (sulfide) groups is 1. The van der Waals surface area contributed by atoms with Crippen molar-refractivity contribution < 1.29 is 9.59 Å². The van der Waals surface area contributed by atoms with Gasteiger partial charge in [0.1, 0.15) is 10.5 Å². The van der Waals surface area contributed by atoms with Gasteiger partial charge in [0, 0.05) is 23.4 Å². The minimum Gasteiger partial charge on any atom is -0.351 e. The molecular weight excluding hydrogens is 428 g/mol. The Morgan fingerprint density at radius 3 is 2.61 bits per heavy atom. The number of benzene rings is 2. The van der Waals surface area contributed by atoms with Crippen LogP contribution in [0.2, 0.25) is 0 Å². The molecule has 2 unspecified atom stereocenters. The first-order valence-corrected chi connectivity index (χ1v) is 12.0. The lowest BCUT2D eigenvalue weighted by molar-refractivity contribution is -0.123. The molecule has 2 amide bonds. The van der Waals surface area contributed by atoms with Gasteiger partial charge in [0.2, 0.25) is 11.8 Å². The van der Waals surface area contributed by atoms with E-state index < -0.39 is 0 Å². The summed E-state index contributed by atoms with van der Waals surface area (Å²) >= 11 is 2.99. The Morgan fingerprint density at radius 1 is 1.16 bits per heavy atom. The topological polar surface area (TPSA) is 83.1 Å². The lowest BCUT2D eigenvalue weighted by atomic mass is 10.1. The fourth-order valence-electron chi connectivity index (χ4n) is 3.37. The normalized spacial score (nSPS) is 18.4. The predicted octanol–water partition coefficient (Wildman–Crippen LogP) is 3.60. The van der Waals surface area contributed by atoms with Crippen LogP contribution in [0.25, 0.3) is 10.6 Å². The minimum absolute atomic E-state index is 0.0278. The molecule has 1 aliphatic heterocycles. The number of nitrogens with zero attached hydrogens (tertiary/aromatic N) is 1. The zero-order valence-corrected chi connectivity index (χ0v) is 18.8. The lowest BCUT2D eigenvalue weighted by Gasteiger charge is -2.30. The lowest BCUT2D eigenvalue weighted by Crippen LogP contribution is -2.51. The summed E-state index contributed by atoms with van der Waals surface area (Å²) in [4.78, 5) is 30.3. The first-order valence-electron chi connectivity index (χ1n) is 10.1. The predicted molar refractivity (Wildman–Crippen MR) is 125 cm³/mol. The van der Waals surface area contributed by atoms with E-state index in [4.69, 9.17) is 4.98 Å². The molecule has 1 aromatic heterocycles. The summed E-state index contributed by atoms with van der Waals surface area (Å²) in [6, 6.07) is 19.7. The van der Waals surface area contributed by atoms with Crippen LogP contribution in [0.15, 0.2) is 60.7 Å². The van der Waals surface area contributed by atoms with E-state index in [0.29, 0.717) is 13.0 Å². The fourth-order valence-corrected chi connectivity index (χ4v) is 5.40. The van der Waals surface area contributed by atoms with Crippen molar-refractivity contribution in [3.05, 3.63) is 76.8 Å². The Bertz CT molecular complexity index is 1040. The molecular formula is C23H24N4O2S2. The monoisotopic (exact) mass is 452 g/mol. The van der Waals surface area contributed by atoms with Crippen molar-refractivity contribution in [3.63, 3.8) is 0 Å². The second-order valence-electron chi connectivity index (χ2n) is 7.28. The summed E-state index contributed by atoms with van der Waals surface area (Å²) in [6.45, 7) is 2.47. The summed E-state index contributed by atoms with van der Waals surface area (Å²) in [5, 5.41) is 10.2. The summed E-state index contributed by atoms with van der Waals surface area (Å²) in [7, 11) is 0. The standard InChI is InChI=1S/C23H24N4O2S2/c1-15-21(31-22(25-15)17-10-6-3-7-11-17)18-12-19(28)27-23(26-18)30-14-20(29)24-13-16-8-4-2-5-9-16/h2-11,18,23,26H,12-14H2,1H3,(H,24,29)(H,27,28). The molecule has 1 saturated heterocycles. The van der Waals surface area contributed by atoms with Crippen LogP contribution in [-0.4, -0.2) is 28.0 Å². The second kappa shape index (κ2) is 10.1. The average molecular weight is 453 g/mol. The highest BCUT2D eigenvalue weighted by atomic mass is 32.2. The van der Waals surface area contributed by atoms with Crippen LogP contribution < -0.4 is 16.0 Å².